The lowest BCUT2D eigenvalue weighted by Crippen LogP contribution is -2.49. The Labute approximate surface area is 152 Å². The molecule has 2 aliphatic rings. The number of hydrogen-bond acceptors (Lipinski definition) is 3. The van der Waals surface area contributed by atoms with E-state index in [2.05, 4.69) is 53.7 Å². The fourth-order valence-electron chi connectivity index (χ4n) is 3.97. The smallest absolute Gasteiger partial charge is 0.223 e. The second-order valence-corrected chi connectivity index (χ2v) is 7.86. The lowest BCUT2D eigenvalue weighted by Gasteiger charge is -2.37. The molecule has 1 aromatic carbocycles. The Morgan fingerprint density at radius 1 is 1.04 bits per heavy atom. The number of rotatable bonds is 4. The van der Waals surface area contributed by atoms with Gasteiger partial charge in [-0.1, -0.05) is 19.1 Å². The zero-order chi connectivity index (χ0) is 17.8. The van der Waals surface area contributed by atoms with Crippen molar-refractivity contribution in [1.29, 1.82) is 0 Å². The number of amides is 1. The number of piperidine rings is 1. The minimum Gasteiger partial charge on any atom is -0.368 e. The van der Waals surface area contributed by atoms with Crippen molar-refractivity contribution in [3.05, 3.63) is 29.3 Å². The van der Waals surface area contributed by atoms with E-state index < -0.39 is 0 Å². The fraction of sp³-hybridized carbons (Fsp3) is 0.667. The second-order valence-electron chi connectivity index (χ2n) is 7.86. The average Bonchev–Trinajstić information content (AvgIpc) is 2.63. The summed E-state index contributed by atoms with van der Waals surface area (Å²) in [5, 5.41) is 0. The van der Waals surface area contributed by atoms with Crippen molar-refractivity contribution in [3.8, 4) is 0 Å². The van der Waals surface area contributed by atoms with Gasteiger partial charge < -0.3 is 14.7 Å². The van der Waals surface area contributed by atoms with Gasteiger partial charge in [-0.3, -0.25) is 4.79 Å². The van der Waals surface area contributed by atoms with Crippen LogP contribution >= 0.6 is 0 Å². The van der Waals surface area contributed by atoms with Gasteiger partial charge in [0.2, 0.25) is 5.91 Å². The van der Waals surface area contributed by atoms with Crippen LogP contribution < -0.4 is 4.90 Å². The molecule has 0 unspecified atom stereocenters. The summed E-state index contributed by atoms with van der Waals surface area (Å²) in [6, 6.07) is 6.51. The van der Waals surface area contributed by atoms with Crippen molar-refractivity contribution < 1.29 is 4.79 Å². The van der Waals surface area contributed by atoms with Gasteiger partial charge in [0.05, 0.1) is 0 Å². The molecule has 2 saturated heterocycles. The molecule has 0 atom stereocenters. The summed E-state index contributed by atoms with van der Waals surface area (Å²) in [6.45, 7) is 13.5. The van der Waals surface area contributed by atoms with Gasteiger partial charge in [0, 0.05) is 44.8 Å². The highest BCUT2D eigenvalue weighted by Crippen LogP contribution is 2.24. The van der Waals surface area contributed by atoms with Crippen LogP contribution in [0.1, 0.15) is 37.3 Å². The van der Waals surface area contributed by atoms with E-state index in [-0.39, 0.29) is 0 Å². The van der Waals surface area contributed by atoms with Gasteiger partial charge >= 0.3 is 0 Å². The standard InChI is InChI=1S/C21H33N3O/c1-17-7-10-22(11-8-17)12-9-21(25)24-15-13-23(14-16-24)20-6-4-5-18(2)19(20)3/h4-6,17H,7-16H2,1-3H3. The van der Waals surface area contributed by atoms with Gasteiger partial charge in [0.25, 0.3) is 0 Å². The molecule has 0 spiro atoms. The number of likely N-dealkylation sites (tertiary alicyclic amines) is 1. The zero-order valence-corrected chi connectivity index (χ0v) is 16.1. The first-order chi connectivity index (χ1) is 12.0. The fourth-order valence-corrected chi connectivity index (χ4v) is 3.97. The molecule has 4 heteroatoms. The summed E-state index contributed by atoms with van der Waals surface area (Å²) in [5.74, 6) is 1.18. The van der Waals surface area contributed by atoms with Crippen LogP contribution in [0.2, 0.25) is 0 Å². The molecule has 1 amide bonds. The van der Waals surface area contributed by atoms with E-state index in [4.69, 9.17) is 0 Å². The first-order valence-electron chi connectivity index (χ1n) is 9.86. The van der Waals surface area contributed by atoms with Crippen molar-refractivity contribution in [2.45, 2.75) is 40.0 Å². The quantitative estimate of drug-likeness (QED) is 0.841. The molecule has 3 rings (SSSR count). The number of carbonyl (C=O) groups is 1. The number of anilines is 1. The van der Waals surface area contributed by atoms with Crippen LogP contribution in [-0.2, 0) is 4.79 Å². The third kappa shape index (κ3) is 4.55. The first-order valence-corrected chi connectivity index (χ1v) is 9.86. The van der Waals surface area contributed by atoms with Gasteiger partial charge in [-0.2, -0.15) is 0 Å². The average molecular weight is 344 g/mol. The molecule has 2 fully saturated rings. The van der Waals surface area contributed by atoms with Gasteiger partial charge in [-0.25, -0.2) is 0 Å². The highest BCUT2D eigenvalue weighted by Gasteiger charge is 2.23. The third-order valence-electron chi connectivity index (χ3n) is 6.07. The normalized spacial score (nSPS) is 20.1. The predicted molar refractivity (Wildman–Crippen MR) is 104 cm³/mol. The Kier molecular flexibility index (Phi) is 6.00. The largest absolute Gasteiger partial charge is 0.368 e. The van der Waals surface area contributed by atoms with E-state index in [0.29, 0.717) is 12.3 Å². The number of aryl methyl sites for hydroxylation is 1. The van der Waals surface area contributed by atoms with Crippen LogP contribution in [0.4, 0.5) is 5.69 Å². The Bertz CT molecular complexity index is 585. The highest BCUT2D eigenvalue weighted by atomic mass is 16.2. The molecule has 0 aromatic heterocycles. The second kappa shape index (κ2) is 8.22. The number of benzene rings is 1. The molecule has 0 saturated carbocycles. The molecule has 138 valence electrons. The maximum atomic E-state index is 12.6. The molecule has 0 N–H and O–H groups in total. The lowest BCUT2D eigenvalue weighted by molar-refractivity contribution is -0.131. The lowest BCUT2D eigenvalue weighted by atomic mass is 9.99. The summed E-state index contributed by atoms with van der Waals surface area (Å²) in [5.41, 5.74) is 4.03. The molecule has 2 aliphatic heterocycles. The van der Waals surface area contributed by atoms with Crippen molar-refractivity contribution >= 4 is 11.6 Å². The molecule has 0 aliphatic carbocycles. The van der Waals surface area contributed by atoms with E-state index in [1.54, 1.807) is 0 Å². The van der Waals surface area contributed by atoms with E-state index in [0.717, 1.165) is 51.7 Å². The summed E-state index contributed by atoms with van der Waals surface area (Å²) in [4.78, 5) is 19.5. The first kappa shape index (κ1) is 18.2. The van der Waals surface area contributed by atoms with Crippen molar-refractivity contribution in [3.63, 3.8) is 0 Å². The minimum absolute atomic E-state index is 0.333. The molecular formula is C21H33N3O. The summed E-state index contributed by atoms with van der Waals surface area (Å²) >= 11 is 0. The van der Waals surface area contributed by atoms with Crippen LogP contribution in [0.5, 0.6) is 0 Å². The highest BCUT2D eigenvalue weighted by molar-refractivity contribution is 5.76. The molecule has 4 nitrogen and oxygen atoms in total. The van der Waals surface area contributed by atoms with Gasteiger partial charge in [-0.05, 0) is 62.9 Å². The van der Waals surface area contributed by atoms with E-state index in [1.807, 2.05) is 0 Å². The van der Waals surface area contributed by atoms with Crippen molar-refractivity contribution in [2.75, 3.05) is 50.7 Å². The summed E-state index contributed by atoms with van der Waals surface area (Å²) < 4.78 is 0. The Morgan fingerprint density at radius 3 is 2.40 bits per heavy atom. The summed E-state index contributed by atoms with van der Waals surface area (Å²) in [7, 11) is 0. The Morgan fingerprint density at radius 2 is 1.72 bits per heavy atom. The number of nitrogens with zero attached hydrogens (tertiary/aromatic N) is 3. The van der Waals surface area contributed by atoms with Gasteiger partial charge in [0.15, 0.2) is 0 Å². The van der Waals surface area contributed by atoms with Crippen molar-refractivity contribution in [1.82, 2.24) is 9.80 Å². The van der Waals surface area contributed by atoms with Crippen LogP contribution in [0.25, 0.3) is 0 Å². The van der Waals surface area contributed by atoms with Gasteiger partial charge in [-0.15, -0.1) is 0 Å². The SMILES string of the molecule is Cc1cccc(N2CCN(C(=O)CCN3CCC(C)CC3)CC2)c1C. The third-order valence-corrected chi connectivity index (χ3v) is 6.07. The molecule has 0 bridgehead atoms. The van der Waals surface area contributed by atoms with Crippen LogP contribution in [0.15, 0.2) is 18.2 Å². The molecule has 0 radical (unpaired) electrons. The zero-order valence-electron chi connectivity index (χ0n) is 16.1. The topological polar surface area (TPSA) is 26.8 Å². The summed E-state index contributed by atoms with van der Waals surface area (Å²) in [6.07, 6.45) is 3.24. The number of carbonyl (C=O) groups excluding carboxylic acids is 1. The van der Waals surface area contributed by atoms with Crippen LogP contribution in [0.3, 0.4) is 0 Å². The van der Waals surface area contributed by atoms with E-state index >= 15 is 0 Å². The molecule has 2 heterocycles. The Balaban J connectivity index is 1.45. The van der Waals surface area contributed by atoms with Gasteiger partial charge in [0.1, 0.15) is 0 Å². The molecule has 1 aromatic rings. The molecular weight excluding hydrogens is 310 g/mol. The predicted octanol–water partition coefficient (Wildman–Crippen LogP) is 3.07. The number of piperazine rings is 1. The van der Waals surface area contributed by atoms with Crippen molar-refractivity contribution in [2.24, 2.45) is 5.92 Å². The minimum atomic E-state index is 0.333. The maximum Gasteiger partial charge on any atom is 0.223 e. The maximum absolute atomic E-state index is 12.6. The van der Waals surface area contributed by atoms with Crippen LogP contribution in [-0.4, -0.2) is 61.5 Å². The Hall–Kier alpha value is -1.55. The van der Waals surface area contributed by atoms with Crippen LogP contribution in [0, 0.1) is 19.8 Å². The van der Waals surface area contributed by atoms with E-state index in [1.165, 1.54) is 29.7 Å². The van der Waals surface area contributed by atoms with E-state index in [9.17, 15) is 4.79 Å². The molecule has 25 heavy (non-hydrogen) atoms. The monoisotopic (exact) mass is 343 g/mol. The number of hydrogen-bond donors (Lipinski definition) is 0.